The van der Waals surface area contributed by atoms with Crippen molar-refractivity contribution in [2.45, 2.75) is 129 Å². The Balaban J connectivity index is 1.26. The highest BCUT2D eigenvalue weighted by Crippen LogP contribution is 2.65. The zero-order valence-corrected chi connectivity index (χ0v) is 37.8. The van der Waals surface area contributed by atoms with Crippen molar-refractivity contribution in [1.29, 1.82) is 0 Å². The second-order valence-corrected chi connectivity index (χ2v) is 18.4. The molecule has 344 valence electrons. The van der Waals surface area contributed by atoms with E-state index < -0.39 is 94.1 Å². The molecular weight excluding hydrogens is 837 g/mol. The first kappa shape index (κ1) is 47.0. The quantitative estimate of drug-likeness (QED) is 0.0649. The van der Waals surface area contributed by atoms with Gasteiger partial charge in [-0.1, -0.05) is 86.6 Å². The fourth-order valence-electron chi connectivity index (χ4n) is 10.8. The lowest BCUT2D eigenvalue weighted by molar-refractivity contribution is -0.346. The number of esters is 5. The van der Waals surface area contributed by atoms with Gasteiger partial charge in [0, 0.05) is 56.6 Å². The predicted molar refractivity (Wildman–Crippen MR) is 232 cm³/mol. The second kappa shape index (κ2) is 18.1. The van der Waals surface area contributed by atoms with Gasteiger partial charge >= 0.3 is 29.8 Å². The van der Waals surface area contributed by atoms with E-state index in [0.29, 0.717) is 36.0 Å². The summed E-state index contributed by atoms with van der Waals surface area (Å²) in [7, 11) is 0. The molecule has 1 saturated heterocycles. The highest BCUT2D eigenvalue weighted by atomic mass is 16.6. The van der Waals surface area contributed by atoms with E-state index in [2.05, 4.69) is 0 Å². The van der Waals surface area contributed by atoms with Crippen molar-refractivity contribution in [3.63, 3.8) is 0 Å². The molecule has 2 saturated carbocycles. The van der Waals surface area contributed by atoms with Gasteiger partial charge in [-0.25, -0.2) is 4.79 Å². The SMILES string of the molecule is CC(=O)O[C@H]1C(=O)[C@]2(C)[C@@H](OC(=O)CCCCc3ccc(C(=O)c4ccccc4)cc3)C[C@H]3OC[C@@]3(OC(C)=O)[C@H]2[C@H](OC(=O)c2ccccc2)[C@]2(O)C[C@H](OC(C)=O)C(C)=C1C2(C)C. The van der Waals surface area contributed by atoms with Gasteiger partial charge < -0.3 is 33.5 Å². The molecule has 9 atom stereocenters. The van der Waals surface area contributed by atoms with E-state index in [0.717, 1.165) is 12.5 Å². The molecule has 0 aromatic heterocycles. The maximum Gasteiger partial charge on any atom is 0.338 e. The predicted octanol–water partition coefficient (Wildman–Crippen LogP) is 6.42. The summed E-state index contributed by atoms with van der Waals surface area (Å²) in [6.07, 6.45) is -5.97. The number of carbonyl (C=O) groups excluding carboxylic acids is 7. The maximum atomic E-state index is 15.9. The lowest BCUT2D eigenvalue weighted by Gasteiger charge is -2.67. The number of fused-ring (bicyclic) bond motifs is 5. The van der Waals surface area contributed by atoms with Crippen molar-refractivity contribution >= 4 is 41.4 Å². The summed E-state index contributed by atoms with van der Waals surface area (Å²) in [5.41, 5.74) is -4.87. The number of Topliss-reactive ketones (excluding diaryl/α,β-unsaturated/α-hetero) is 1. The number of benzene rings is 3. The van der Waals surface area contributed by atoms with Crippen LogP contribution in [-0.4, -0.2) is 94.8 Å². The third-order valence-electron chi connectivity index (χ3n) is 14.1. The first-order valence-corrected chi connectivity index (χ1v) is 22.0. The molecule has 3 aliphatic carbocycles. The van der Waals surface area contributed by atoms with Gasteiger partial charge in [0.1, 0.15) is 30.0 Å². The zero-order chi connectivity index (χ0) is 47.1. The van der Waals surface area contributed by atoms with Crippen molar-refractivity contribution < 1.29 is 67.1 Å². The van der Waals surface area contributed by atoms with Gasteiger partial charge in [0.15, 0.2) is 23.3 Å². The van der Waals surface area contributed by atoms with Crippen LogP contribution in [0, 0.1) is 16.7 Å². The second-order valence-electron chi connectivity index (χ2n) is 18.4. The van der Waals surface area contributed by atoms with Gasteiger partial charge in [0.25, 0.3) is 0 Å². The van der Waals surface area contributed by atoms with Gasteiger partial charge in [0.05, 0.1) is 23.5 Å². The normalized spacial score (nSPS) is 29.9. The van der Waals surface area contributed by atoms with Crippen molar-refractivity contribution in [3.05, 3.63) is 118 Å². The molecule has 3 aromatic rings. The topological polar surface area (TPSA) is 195 Å². The Labute approximate surface area is 377 Å². The molecule has 0 amide bonds. The average Bonchev–Trinajstić information content (AvgIpc) is 3.26. The van der Waals surface area contributed by atoms with Crippen LogP contribution in [-0.2, 0) is 58.8 Å². The maximum absolute atomic E-state index is 15.9. The van der Waals surface area contributed by atoms with Crippen molar-refractivity contribution in [1.82, 2.24) is 0 Å². The van der Waals surface area contributed by atoms with Gasteiger partial charge in [-0.2, -0.15) is 0 Å². The van der Waals surface area contributed by atoms with Crippen LogP contribution in [0.1, 0.15) is 112 Å². The summed E-state index contributed by atoms with van der Waals surface area (Å²) < 4.78 is 36.8. The van der Waals surface area contributed by atoms with Gasteiger partial charge in [-0.15, -0.1) is 0 Å². The van der Waals surface area contributed by atoms with Gasteiger partial charge in [0.2, 0.25) is 0 Å². The highest BCUT2D eigenvalue weighted by molar-refractivity contribution is 6.09. The minimum absolute atomic E-state index is 0.0539. The third-order valence-corrected chi connectivity index (χ3v) is 14.1. The molecule has 2 bridgehead atoms. The number of ether oxygens (including phenoxy) is 6. The molecule has 3 aromatic carbocycles. The Morgan fingerprint density at radius 1 is 0.738 bits per heavy atom. The fraction of sp³-hybridized carbons (Fsp3) is 0.471. The molecule has 0 spiro atoms. The molecule has 4 aliphatic rings. The minimum Gasteiger partial charge on any atom is -0.461 e. The largest absolute Gasteiger partial charge is 0.461 e. The molecular formula is C51H56O14. The van der Waals surface area contributed by atoms with Crippen molar-refractivity contribution in [3.8, 4) is 0 Å². The molecule has 65 heavy (non-hydrogen) atoms. The Kier molecular flexibility index (Phi) is 13.1. The van der Waals surface area contributed by atoms with Crippen LogP contribution in [0.25, 0.3) is 0 Å². The molecule has 14 heteroatoms. The van der Waals surface area contributed by atoms with E-state index in [4.69, 9.17) is 28.4 Å². The summed E-state index contributed by atoms with van der Waals surface area (Å²) >= 11 is 0. The zero-order valence-electron chi connectivity index (χ0n) is 37.8. The molecule has 1 heterocycles. The number of hydrogen-bond acceptors (Lipinski definition) is 14. The molecule has 3 fully saturated rings. The first-order valence-electron chi connectivity index (χ1n) is 22.0. The van der Waals surface area contributed by atoms with Crippen LogP contribution >= 0.6 is 0 Å². The van der Waals surface area contributed by atoms with Crippen molar-refractivity contribution in [2.75, 3.05) is 6.61 Å². The van der Waals surface area contributed by atoms with Gasteiger partial charge in [-0.05, 0) is 62.0 Å². The summed E-state index contributed by atoms with van der Waals surface area (Å²) in [6, 6.07) is 24.3. The average molecular weight is 893 g/mol. The molecule has 0 radical (unpaired) electrons. The summed E-state index contributed by atoms with van der Waals surface area (Å²) in [5, 5.41) is 13.6. The number of rotatable bonds is 13. The Hall–Kier alpha value is -5.99. The van der Waals surface area contributed by atoms with E-state index in [1.807, 2.05) is 30.3 Å². The molecule has 1 aliphatic heterocycles. The lowest BCUT2D eigenvalue weighted by atomic mass is 9.44. The number of carbonyl (C=O) groups is 7. The van der Waals surface area contributed by atoms with E-state index in [9.17, 15) is 33.9 Å². The Morgan fingerprint density at radius 2 is 1.34 bits per heavy atom. The smallest absolute Gasteiger partial charge is 0.338 e. The fourth-order valence-corrected chi connectivity index (χ4v) is 10.8. The summed E-state index contributed by atoms with van der Waals surface area (Å²) in [5.74, 6) is -6.18. The molecule has 1 N–H and O–H groups in total. The number of hydrogen-bond donors (Lipinski definition) is 1. The number of aryl methyl sites for hydroxylation is 1. The van der Waals surface area contributed by atoms with E-state index in [-0.39, 0.29) is 42.8 Å². The Morgan fingerprint density at radius 3 is 1.91 bits per heavy atom. The lowest BCUT2D eigenvalue weighted by Crippen LogP contribution is -2.82. The molecule has 14 nitrogen and oxygen atoms in total. The van der Waals surface area contributed by atoms with Crippen LogP contribution in [0.4, 0.5) is 0 Å². The summed E-state index contributed by atoms with van der Waals surface area (Å²) in [6.45, 7) is 9.59. The highest BCUT2D eigenvalue weighted by Gasteiger charge is 2.79. The molecule has 0 unspecified atom stereocenters. The number of ketones is 2. The monoisotopic (exact) mass is 892 g/mol. The third kappa shape index (κ3) is 8.54. The van der Waals surface area contributed by atoms with Crippen LogP contribution in [0.2, 0.25) is 0 Å². The van der Waals surface area contributed by atoms with Crippen LogP contribution < -0.4 is 0 Å². The van der Waals surface area contributed by atoms with Crippen molar-refractivity contribution in [2.24, 2.45) is 16.7 Å². The van der Waals surface area contributed by atoms with Crippen LogP contribution in [0.15, 0.2) is 96.1 Å². The first-order chi connectivity index (χ1) is 30.7. The minimum atomic E-state index is -2.25. The standard InChI is InChI=1S/C51H56O14/c1-29-37(61-30(2)52)27-51(59)46(64-47(58)36-19-12-9-13-20-36)44-49(7,45(57)43(62-31(3)53)41(29)48(51,5)6)38(26-39-50(44,28-60-39)65-32(4)54)63-40(55)21-15-14-16-33-22-24-35(25-23-33)42(56)34-17-10-8-11-18-34/h8-13,17-20,22-25,37-39,43-44,46,59H,14-16,21,26-28H2,1-7H3/t37-,38-,39+,43+,44-,46-,49+,50-,51+/m0/s1. The number of unbranched alkanes of at least 4 members (excludes halogenated alkanes) is 1. The van der Waals surface area contributed by atoms with E-state index >= 15 is 4.79 Å². The van der Waals surface area contributed by atoms with E-state index in [1.165, 1.54) is 32.9 Å². The summed E-state index contributed by atoms with van der Waals surface area (Å²) in [4.78, 5) is 95.9. The van der Waals surface area contributed by atoms with E-state index in [1.54, 1.807) is 63.2 Å². The number of aliphatic hydroxyl groups is 1. The van der Waals surface area contributed by atoms with Gasteiger partial charge in [-0.3, -0.25) is 28.8 Å². The Bertz CT molecular complexity index is 2390. The van der Waals surface area contributed by atoms with Crippen LogP contribution in [0.5, 0.6) is 0 Å². The molecule has 7 rings (SSSR count). The van der Waals surface area contributed by atoms with Crippen LogP contribution in [0.3, 0.4) is 0 Å².